The maximum atomic E-state index is 13.2. The van der Waals surface area contributed by atoms with Gasteiger partial charge in [0.2, 0.25) is 0 Å². The van der Waals surface area contributed by atoms with Gasteiger partial charge >= 0.3 is 5.97 Å². The van der Waals surface area contributed by atoms with E-state index in [0.717, 1.165) is 11.1 Å². The van der Waals surface area contributed by atoms with Gasteiger partial charge in [-0.3, -0.25) is 9.69 Å². The SMILES string of the molecule is CCOC(=O)c1ccc(N=C2SC(=Cc3ccc(OCc4ccc(F)cc4)c(OCC)c3)C(=O)N2C)cc1. The third-order valence-electron chi connectivity index (χ3n) is 5.48. The van der Waals surface area contributed by atoms with Crippen LogP contribution in [-0.2, 0) is 16.1 Å². The van der Waals surface area contributed by atoms with E-state index in [2.05, 4.69) is 4.99 Å². The number of likely N-dealkylation sites (N-methyl/N-ethyl adjacent to an activating group) is 1. The molecule has 1 heterocycles. The second-order valence-corrected chi connectivity index (χ2v) is 9.20. The van der Waals surface area contributed by atoms with Gasteiger partial charge in [-0.05, 0) is 91.3 Å². The molecule has 1 saturated heterocycles. The number of ether oxygens (including phenoxy) is 3. The van der Waals surface area contributed by atoms with Gasteiger partial charge in [0.25, 0.3) is 5.91 Å². The van der Waals surface area contributed by atoms with E-state index in [-0.39, 0.29) is 18.3 Å². The number of aliphatic imine (C=N–C) groups is 1. The minimum Gasteiger partial charge on any atom is -0.490 e. The quantitative estimate of drug-likeness (QED) is 0.240. The van der Waals surface area contributed by atoms with Gasteiger partial charge in [0.1, 0.15) is 12.4 Å². The molecule has 0 bridgehead atoms. The van der Waals surface area contributed by atoms with Gasteiger partial charge < -0.3 is 14.2 Å². The van der Waals surface area contributed by atoms with E-state index in [1.54, 1.807) is 62.5 Å². The number of carbonyl (C=O) groups is 2. The number of halogens is 1. The molecule has 3 aromatic carbocycles. The number of carbonyl (C=O) groups excluding carboxylic acids is 2. The van der Waals surface area contributed by atoms with Crippen LogP contribution in [0.2, 0.25) is 0 Å². The van der Waals surface area contributed by atoms with Crippen LogP contribution in [0.3, 0.4) is 0 Å². The fraction of sp³-hybridized carbons (Fsp3) is 0.207. The predicted molar refractivity (Wildman–Crippen MR) is 146 cm³/mol. The normalized spacial score (nSPS) is 15.3. The Morgan fingerprint density at radius 2 is 1.71 bits per heavy atom. The molecule has 0 N–H and O–H groups in total. The van der Waals surface area contributed by atoms with E-state index in [4.69, 9.17) is 14.2 Å². The van der Waals surface area contributed by atoms with Crippen LogP contribution in [0.5, 0.6) is 11.5 Å². The Hall–Kier alpha value is -4.11. The molecule has 1 aliphatic heterocycles. The minimum atomic E-state index is -0.391. The Bertz CT molecular complexity index is 1370. The van der Waals surface area contributed by atoms with Crippen molar-refractivity contribution in [2.75, 3.05) is 20.3 Å². The van der Waals surface area contributed by atoms with Crippen molar-refractivity contribution in [1.82, 2.24) is 4.90 Å². The second kappa shape index (κ2) is 12.4. The van der Waals surface area contributed by atoms with Crippen molar-refractivity contribution in [1.29, 1.82) is 0 Å². The molecule has 0 unspecified atom stereocenters. The summed E-state index contributed by atoms with van der Waals surface area (Å²) in [6, 6.07) is 18.3. The first-order chi connectivity index (χ1) is 18.4. The number of benzene rings is 3. The van der Waals surface area contributed by atoms with Crippen molar-refractivity contribution in [3.63, 3.8) is 0 Å². The third kappa shape index (κ3) is 6.60. The van der Waals surface area contributed by atoms with Crippen LogP contribution in [0.15, 0.2) is 76.6 Å². The summed E-state index contributed by atoms with van der Waals surface area (Å²) in [6.45, 7) is 4.64. The van der Waals surface area contributed by atoms with Crippen LogP contribution in [-0.4, -0.2) is 42.2 Å². The highest BCUT2D eigenvalue weighted by Crippen LogP contribution is 2.35. The Labute approximate surface area is 224 Å². The standard InChI is InChI=1S/C29H27FN2O5S/c1-4-35-25-16-20(8-15-24(25)37-18-19-6-11-22(30)12-7-19)17-26-27(33)32(3)29(38-26)31-23-13-9-21(10-14-23)28(34)36-5-2/h6-17H,4-5,18H2,1-3H3. The summed E-state index contributed by atoms with van der Waals surface area (Å²) in [6.07, 6.45) is 1.78. The Kier molecular flexibility index (Phi) is 8.81. The monoisotopic (exact) mass is 534 g/mol. The summed E-state index contributed by atoms with van der Waals surface area (Å²) in [5, 5.41) is 0.523. The molecule has 0 aliphatic carbocycles. The van der Waals surface area contributed by atoms with Crippen molar-refractivity contribution in [2.24, 2.45) is 4.99 Å². The number of hydrogen-bond acceptors (Lipinski definition) is 7. The molecule has 1 aliphatic rings. The number of hydrogen-bond donors (Lipinski definition) is 0. The second-order valence-electron chi connectivity index (χ2n) is 8.19. The highest BCUT2D eigenvalue weighted by atomic mass is 32.2. The Morgan fingerprint density at radius 3 is 2.39 bits per heavy atom. The summed E-state index contributed by atoms with van der Waals surface area (Å²) in [5.41, 5.74) is 2.66. The van der Waals surface area contributed by atoms with Crippen LogP contribution < -0.4 is 9.47 Å². The summed E-state index contributed by atoms with van der Waals surface area (Å²) < 4.78 is 29.8. The van der Waals surface area contributed by atoms with Crippen LogP contribution in [0.1, 0.15) is 35.3 Å². The van der Waals surface area contributed by atoms with Crippen LogP contribution in [0.25, 0.3) is 6.08 Å². The number of nitrogens with zero attached hydrogens (tertiary/aromatic N) is 2. The maximum absolute atomic E-state index is 13.2. The Morgan fingerprint density at radius 1 is 0.974 bits per heavy atom. The summed E-state index contributed by atoms with van der Waals surface area (Å²) in [5.74, 6) is 0.230. The molecule has 196 valence electrons. The van der Waals surface area contributed by atoms with Crippen LogP contribution in [0, 0.1) is 5.82 Å². The molecule has 0 saturated carbocycles. The number of esters is 1. The van der Waals surface area contributed by atoms with Gasteiger partial charge in [-0.1, -0.05) is 18.2 Å². The van der Waals surface area contributed by atoms with Gasteiger partial charge in [0, 0.05) is 7.05 Å². The molecule has 1 amide bonds. The molecular formula is C29H27FN2O5S. The molecule has 9 heteroatoms. The van der Waals surface area contributed by atoms with Crippen LogP contribution in [0.4, 0.5) is 10.1 Å². The zero-order valence-electron chi connectivity index (χ0n) is 21.3. The molecule has 0 spiro atoms. The smallest absolute Gasteiger partial charge is 0.338 e. The van der Waals surface area contributed by atoms with E-state index in [9.17, 15) is 14.0 Å². The molecule has 0 atom stereocenters. The van der Waals surface area contributed by atoms with E-state index >= 15 is 0 Å². The number of amidine groups is 1. The summed E-state index contributed by atoms with van der Waals surface area (Å²) in [4.78, 5) is 31.3. The predicted octanol–water partition coefficient (Wildman–Crippen LogP) is 6.21. The van der Waals surface area contributed by atoms with Gasteiger partial charge in [-0.25, -0.2) is 14.2 Å². The zero-order chi connectivity index (χ0) is 27.1. The van der Waals surface area contributed by atoms with E-state index < -0.39 is 5.97 Å². The van der Waals surface area contributed by atoms with Gasteiger partial charge in [0.15, 0.2) is 16.7 Å². The highest BCUT2D eigenvalue weighted by molar-refractivity contribution is 8.18. The molecule has 38 heavy (non-hydrogen) atoms. The maximum Gasteiger partial charge on any atom is 0.338 e. The lowest BCUT2D eigenvalue weighted by atomic mass is 10.1. The first-order valence-corrected chi connectivity index (χ1v) is 12.9. The number of amides is 1. The molecule has 7 nitrogen and oxygen atoms in total. The lowest BCUT2D eigenvalue weighted by Gasteiger charge is -2.13. The fourth-order valence-electron chi connectivity index (χ4n) is 3.54. The first-order valence-electron chi connectivity index (χ1n) is 12.1. The molecule has 0 aromatic heterocycles. The molecule has 4 rings (SSSR count). The van der Waals surface area contributed by atoms with E-state index in [0.29, 0.717) is 46.0 Å². The van der Waals surface area contributed by atoms with Gasteiger partial charge in [0.05, 0.1) is 29.4 Å². The third-order valence-corrected chi connectivity index (χ3v) is 6.54. The lowest BCUT2D eigenvalue weighted by Crippen LogP contribution is -2.23. The molecular weight excluding hydrogens is 507 g/mol. The van der Waals surface area contributed by atoms with Gasteiger partial charge in [-0.15, -0.1) is 0 Å². The van der Waals surface area contributed by atoms with E-state index in [1.807, 2.05) is 19.1 Å². The zero-order valence-corrected chi connectivity index (χ0v) is 22.1. The van der Waals surface area contributed by atoms with Gasteiger partial charge in [-0.2, -0.15) is 0 Å². The lowest BCUT2D eigenvalue weighted by molar-refractivity contribution is -0.121. The molecule has 0 radical (unpaired) electrons. The van der Waals surface area contributed by atoms with Crippen molar-refractivity contribution >= 4 is 40.6 Å². The fourth-order valence-corrected chi connectivity index (χ4v) is 4.53. The largest absolute Gasteiger partial charge is 0.490 e. The average molecular weight is 535 g/mol. The minimum absolute atomic E-state index is 0.175. The topological polar surface area (TPSA) is 77.4 Å². The van der Waals surface area contributed by atoms with Crippen molar-refractivity contribution in [3.8, 4) is 11.5 Å². The van der Waals surface area contributed by atoms with E-state index in [1.165, 1.54) is 28.8 Å². The first kappa shape index (κ1) is 26.9. The summed E-state index contributed by atoms with van der Waals surface area (Å²) in [7, 11) is 1.67. The highest BCUT2D eigenvalue weighted by Gasteiger charge is 2.30. The van der Waals surface area contributed by atoms with Crippen molar-refractivity contribution in [2.45, 2.75) is 20.5 Å². The number of thioether (sulfide) groups is 1. The van der Waals surface area contributed by atoms with Crippen LogP contribution >= 0.6 is 11.8 Å². The van der Waals surface area contributed by atoms with Crippen molar-refractivity contribution < 1.29 is 28.2 Å². The van der Waals surface area contributed by atoms with Crippen molar-refractivity contribution in [3.05, 3.63) is 94.1 Å². The molecule has 1 fully saturated rings. The Balaban J connectivity index is 1.50. The average Bonchev–Trinajstić information content (AvgIpc) is 3.17. The summed E-state index contributed by atoms with van der Waals surface area (Å²) >= 11 is 1.26. The number of rotatable bonds is 9. The molecule has 3 aromatic rings.